The summed E-state index contributed by atoms with van der Waals surface area (Å²) in [5.74, 6) is -0.225. The number of hydrogen-bond acceptors (Lipinski definition) is 3. The molecule has 0 atom stereocenters. The van der Waals surface area contributed by atoms with Crippen molar-refractivity contribution in [3.63, 3.8) is 0 Å². The third-order valence-electron chi connectivity index (χ3n) is 1.34. The zero-order valence-corrected chi connectivity index (χ0v) is 8.03. The summed E-state index contributed by atoms with van der Waals surface area (Å²) in [6.07, 6.45) is 0. The first-order chi connectivity index (χ1) is 4.54. The van der Waals surface area contributed by atoms with E-state index in [1.807, 2.05) is 0 Å². The van der Waals surface area contributed by atoms with Crippen molar-refractivity contribution in [1.82, 2.24) is 0 Å². The Kier molecular flexibility index (Phi) is 6.52. The highest BCUT2D eigenvalue weighted by Crippen LogP contribution is 2.14. The zero-order chi connectivity index (χ0) is 8.20. The van der Waals surface area contributed by atoms with Gasteiger partial charge in [0.25, 0.3) is 0 Å². The molecule has 0 heterocycles. The third kappa shape index (κ3) is 4.22. The molecule has 0 fully saturated rings. The Morgan fingerprint density at radius 1 is 1.55 bits per heavy atom. The number of carbonyl (C=O) groups excluding carboxylic acids is 1. The second-order valence-electron chi connectivity index (χ2n) is 2.81. The molecular formula is C7H16ClNO2. The van der Waals surface area contributed by atoms with Gasteiger partial charge in [-0.3, -0.25) is 4.79 Å². The summed E-state index contributed by atoms with van der Waals surface area (Å²) in [4.78, 5) is 11.0. The average molecular weight is 182 g/mol. The van der Waals surface area contributed by atoms with Crippen LogP contribution in [0.4, 0.5) is 0 Å². The Labute approximate surface area is 73.7 Å². The molecular weight excluding hydrogens is 166 g/mol. The molecule has 0 amide bonds. The summed E-state index contributed by atoms with van der Waals surface area (Å²) in [6, 6.07) is 0. The highest BCUT2D eigenvalue weighted by Gasteiger charge is 2.26. The molecule has 0 saturated carbocycles. The molecule has 0 unspecified atom stereocenters. The van der Waals surface area contributed by atoms with Crippen LogP contribution < -0.4 is 5.73 Å². The van der Waals surface area contributed by atoms with Crippen LogP contribution in [0.15, 0.2) is 0 Å². The van der Waals surface area contributed by atoms with Crippen molar-refractivity contribution in [3.05, 3.63) is 0 Å². The van der Waals surface area contributed by atoms with Gasteiger partial charge in [-0.05, 0) is 20.8 Å². The molecule has 0 spiro atoms. The maximum Gasteiger partial charge on any atom is 0.312 e. The maximum atomic E-state index is 11.0. The maximum absolute atomic E-state index is 11.0. The van der Waals surface area contributed by atoms with Crippen LogP contribution in [0.25, 0.3) is 0 Å². The van der Waals surface area contributed by atoms with E-state index in [0.29, 0.717) is 13.2 Å². The van der Waals surface area contributed by atoms with Crippen molar-refractivity contribution < 1.29 is 9.53 Å². The van der Waals surface area contributed by atoms with E-state index < -0.39 is 5.41 Å². The molecule has 2 N–H and O–H groups in total. The van der Waals surface area contributed by atoms with Crippen LogP contribution in [0.3, 0.4) is 0 Å². The molecule has 0 aliphatic carbocycles. The fourth-order valence-electron chi connectivity index (χ4n) is 0.410. The number of ether oxygens (including phenoxy) is 1. The Morgan fingerprint density at radius 3 is 2.27 bits per heavy atom. The lowest BCUT2D eigenvalue weighted by Crippen LogP contribution is -2.34. The second kappa shape index (κ2) is 5.38. The minimum absolute atomic E-state index is 0. The highest BCUT2D eigenvalue weighted by molar-refractivity contribution is 5.85. The van der Waals surface area contributed by atoms with E-state index >= 15 is 0 Å². The number of carbonyl (C=O) groups is 1. The highest BCUT2D eigenvalue weighted by atomic mass is 35.5. The van der Waals surface area contributed by atoms with Gasteiger partial charge in [0.15, 0.2) is 0 Å². The molecule has 68 valence electrons. The smallest absolute Gasteiger partial charge is 0.312 e. The minimum atomic E-state index is -0.532. The Morgan fingerprint density at radius 2 is 2.00 bits per heavy atom. The van der Waals surface area contributed by atoms with Crippen molar-refractivity contribution >= 4 is 18.4 Å². The van der Waals surface area contributed by atoms with Gasteiger partial charge in [-0.15, -0.1) is 12.4 Å². The SMILES string of the molecule is CCOC(=O)C(C)(C)CN.Cl. The quantitative estimate of drug-likeness (QED) is 0.660. The largest absolute Gasteiger partial charge is 0.466 e. The predicted molar refractivity (Wildman–Crippen MR) is 46.7 cm³/mol. The van der Waals surface area contributed by atoms with Gasteiger partial charge >= 0.3 is 5.97 Å². The van der Waals surface area contributed by atoms with Crippen LogP contribution in [0, 0.1) is 5.41 Å². The number of rotatable bonds is 3. The molecule has 0 aromatic heterocycles. The standard InChI is InChI=1S/C7H15NO2.ClH/c1-4-10-6(9)7(2,3)5-8;/h4-5,8H2,1-3H3;1H. The summed E-state index contributed by atoms with van der Waals surface area (Å²) in [7, 11) is 0. The van der Waals surface area contributed by atoms with Crippen molar-refractivity contribution in [3.8, 4) is 0 Å². The fraction of sp³-hybridized carbons (Fsp3) is 0.857. The van der Waals surface area contributed by atoms with E-state index in [-0.39, 0.29) is 18.4 Å². The van der Waals surface area contributed by atoms with Crippen molar-refractivity contribution in [2.45, 2.75) is 20.8 Å². The number of halogens is 1. The first kappa shape index (κ1) is 13.3. The van der Waals surface area contributed by atoms with Crippen LogP contribution >= 0.6 is 12.4 Å². The molecule has 0 bridgehead atoms. The van der Waals surface area contributed by atoms with E-state index in [0.717, 1.165) is 0 Å². The van der Waals surface area contributed by atoms with Crippen LogP contribution in [0.5, 0.6) is 0 Å². The molecule has 0 rings (SSSR count). The van der Waals surface area contributed by atoms with Gasteiger partial charge in [-0.2, -0.15) is 0 Å². The van der Waals surface area contributed by atoms with Gasteiger partial charge in [-0.25, -0.2) is 0 Å². The summed E-state index contributed by atoms with van der Waals surface area (Å²) in [5.41, 5.74) is 4.80. The normalized spacial score (nSPS) is 10.2. The first-order valence-electron chi connectivity index (χ1n) is 3.42. The topological polar surface area (TPSA) is 52.3 Å². The first-order valence-corrected chi connectivity index (χ1v) is 3.42. The van der Waals surface area contributed by atoms with Gasteiger partial charge in [0.2, 0.25) is 0 Å². The van der Waals surface area contributed by atoms with Crippen LogP contribution in [0.1, 0.15) is 20.8 Å². The van der Waals surface area contributed by atoms with Crippen molar-refractivity contribution in [2.75, 3.05) is 13.2 Å². The van der Waals surface area contributed by atoms with Crippen molar-refractivity contribution in [1.29, 1.82) is 0 Å². The van der Waals surface area contributed by atoms with Crippen molar-refractivity contribution in [2.24, 2.45) is 11.1 Å². The van der Waals surface area contributed by atoms with Gasteiger partial charge in [0, 0.05) is 6.54 Å². The van der Waals surface area contributed by atoms with Crippen LogP contribution in [-0.2, 0) is 9.53 Å². The molecule has 0 radical (unpaired) electrons. The van der Waals surface area contributed by atoms with Crippen LogP contribution in [0.2, 0.25) is 0 Å². The van der Waals surface area contributed by atoms with Gasteiger partial charge in [-0.1, -0.05) is 0 Å². The van der Waals surface area contributed by atoms with Gasteiger partial charge in [0.1, 0.15) is 0 Å². The van der Waals surface area contributed by atoms with Gasteiger partial charge in [0.05, 0.1) is 12.0 Å². The number of hydrogen-bond donors (Lipinski definition) is 1. The van der Waals surface area contributed by atoms with E-state index in [9.17, 15) is 4.79 Å². The summed E-state index contributed by atoms with van der Waals surface area (Å²) in [6.45, 7) is 6.06. The molecule has 0 aliphatic heterocycles. The lowest BCUT2D eigenvalue weighted by atomic mass is 9.94. The van der Waals surface area contributed by atoms with Crippen LogP contribution in [-0.4, -0.2) is 19.1 Å². The number of nitrogens with two attached hydrogens (primary N) is 1. The van der Waals surface area contributed by atoms with Gasteiger partial charge < -0.3 is 10.5 Å². The molecule has 0 aliphatic rings. The lowest BCUT2D eigenvalue weighted by Gasteiger charge is -2.19. The summed E-state index contributed by atoms with van der Waals surface area (Å²) >= 11 is 0. The fourth-order valence-corrected chi connectivity index (χ4v) is 0.410. The van der Waals surface area contributed by atoms with E-state index in [2.05, 4.69) is 0 Å². The molecule has 0 aromatic carbocycles. The number of esters is 1. The second-order valence-corrected chi connectivity index (χ2v) is 2.81. The average Bonchev–Trinajstić information content (AvgIpc) is 1.89. The predicted octanol–water partition coefficient (Wildman–Crippen LogP) is 0.956. The third-order valence-corrected chi connectivity index (χ3v) is 1.34. The van der Waals surface area contributed by atoms with E-state index in [1.54, 1.807) is 20.8 Å². The Hall–Kier alpha value is -0.280. The molecule has 11 heavy (non-hydrogen) atoms. The molecule has 3 nitrogen and oxygen atoms in total. The zero-order valence-electron chi connectivity index (χ0n) is 7.22. The van der Waals surface area contributed by atoms with E-state index in [1.165, 1.54) is 0 Å². The molecule has 0 aromatic rings. The Bertz CT molecular complexity index is 126. The minimum Gasteiger partial charge on any atom is -0.466 e. The van der Waals surface area contributed by atoms with E-state index in [4.69, 9.17) is 10.5 Å². The summed E-state index contributed by atoms with van der Waals surface area (Å²) in [5, 5.41) is 0. The summed E-state index contributed by atoms with van der Waals surface area (Å²) < 4.78 is 4.78. The molecule has 4 heteroatoms. The Balaban J connectivity index is 0. The molecule has 0 saturated heterocycles. The monoisotopic (exact) mass is 181 g/mol. The lowest BCUT2D eigenvalue weighted by molar-refractivity contribution is -0.152.